The number of hydrogen-bond acceptors (Lipinski definition) is 5. The normalized spacial score (nSPS) is 12.5. The van der Waals surface area contributed by atoms with Crippen molar-refractivity contribution in [1.82, 2.24) is 10.3 Å². The lowest BCUT2D eigenvalue weighted by Crippen LogP contribution is -2.61. The van der Waals surface area contributed by atoms with Crippen LogP contribution in [-0.4, -0.2) is 35.4 Å². The fraction of sp³-hybridized carbons (Fsp3) is 0.367. The molecule has 2 amide bonds. The third-order valence-electron chi connectivity index (χ3n) is 6.28. The Morgan fingerprint density at radius 3 is 2.30 bits per heavy atom. The van der Waals surface area contributed by atoms with Crippen LogP contribution in [0.3, 0.4) is 0 Å². The van der Waals surface area contributed by atoms with Crippen LogP contribution in [0, 0.1) is 5.92 Å². The lowest BCUT2D eigenvalue weighted by Gasteiger charge is -2.36. The molecular weight excluding hydrogens is 464 g/mol. The highest BCUT2D eigenvalue weighted by Gasteiger charge is 2.35. The number of nitrogens with two attached hydrogens (primary N) is 1. The van der Waals surface area contributed by atoms with E-state index in [1.807, 2.05) is 66.7 Å². The summed E-state index contributed by atoms with van der Waals surface area (Å²) in [6, 6.07) is 21.6. The molecule has 7 heteroatoms. The number of rotatable bonds is 14. The van der Waals surface area contributed by atoms with Gasteiger partial charge in [-0.2, -0.15) is 0 Å². The molecular formula is C30H38N4O3. The van der Waals surface area contributed by atoms with Gasteiger partial charge in [0.1, 0.15) is 17.9 Å². The monoisotopic (exact) mass is 502 g/mol. The summed E-state index contributed by atoms with van der Waals surface area (Å²) in [6.45, 7) is 7.49. The van der Waals surface area contributed by atoms with Crippen LogP contribution in [0.25, 0.3) is 0 Å². The van der Waals surface area contributed by atoms with E-state index in [0.29, 0.717) is 18.9 Å². The van der Waals surface area contributed by atoms with Gasteiger partial charge in [-0.15, -0.1) is 0 Å². The zero-order chi connectivity index (χ0) is 26.7. The van der Waals surface area contributed by atoms with Gasteiger partial charge >= 0.3 is 0 Å². The van der Waals surface area contributed by atoms with Crippen LogP contribution in [0.5, 0.6) is 5.75 Å². The second-order valence-electron chi connectivity index (χ2n) is 9.97. The second kappa shape index (κ2) is 13.4. The van der Waals surface area contributed by atoms with Crippen molar-refractivity contribution in [2.24, 2.45) is 11.7 Å². The zero-order valence-corrected chi connectivity index (χ0v) is 22.0. The molecule has 2 aromatic carbocycles. The van der Waals surface area contributed by atoms with Crippen LogP contribution in [-0.2, 0) is 22.6 Å². The number of pyridine rings is 1. The number of ether oxygens (including phenoxy) is 1. The van der Waals surface area contributed by atoms with Crippen LogP contribution in [0.15, 0.2) is 79.1 Å². The highest BCUT2D eigenvalue weighted by molar-refractivity contribution is 5.90. The maximum absolute atomic E-state index is 12.8. The van der Waals surface area contributed by atoms with Crippen molar-refractivity contribution < 1.29 is 14.3 Å². The first-order chi connectivity index (χ1) is 17.7. The first-order valence-corrected chi connectivity index (χ1v) is 12.8. The molecule has 1 atom stereocenters. The average molecular weight is 503 g/mol. The molecule has 196 valence electrons. The molecule has 1 unspecified atom stereocenters. The number of aromatic nitrogens is 1. The first-order valence-electron chi connectivity index (χ1n) is 12.8. The fourth-order valence-electron chi connectivity index (χ4n) is 3.95. The number of amides is 2. The number of nitrogens with zero attached hydrogens (tertiary/aromatic N) is 2. The number of benzene rings is 2. The summed E-state index contributed by atoms with van der Waals surface area (Å²) in [7, 11) is 0. The van der Waals surface area contributed by atoms with Gasteiger partial charge in [0.25, 0.3) is 0 Å². The Hall–Kier alpha value is -3.87. The molecule has 0 bridgehead atoms. The Morgan fingerprint density at radius 1 is 1.00 bits per heavy atom. The van der Waals surface area contributed by atoms with Gasteiger partial charge in [0.05, 0.1) is 0 Å². The van der Waals surface area contributed by atoms with Crippen molar-refractivity contribution in [3.05, 3.63) is 90.3 Å². The van der Waals surface area contributed by atoms with Gasteiger partial charge in [-0.1, -0.05) is 44.2 Å². The maximum atomic E-state index is 12.8. The number of primary amides is 1. The second-order valence-corrected chi connectivity index (χ2v) is 9.97. The molecule has 0 aliphatic rings. The number of hydrogen-bond donors (Lipinski definition) is 2. The molecule has 1 aromatic heterocycles. The van der Waals surface area contributed by atoms with Gasteiger partial charge in [-0.05, 0) is 73.2 Å². The molecule has 3 rings (SSSR count). The molecule has 3 N–H and O–H groups in total. The van der Waals surface area contributed by atoms with Crippen molar-refractivity contribution >= 4 is 17.5 Å². The van der Waals surface area contributed by atoms with E-state index in [1.165, 1.54) is 0 Å². The number of nitrogens with one attached hydrogen (secondary N) is 1. The van der Waals surface area contributed by atoms with Gasteiger partial charge in [0, 0.05) is 37.6 Å². The number of carbonyl (C=O) groups excluding carboxylic acids is 2. The van der Waals surface area contributed by atoms with E-state index in [9.17, 15) is 9.59 Å². The van der Waals surface area contributed by atoms with Gasteiger partial charge in [-0.25, -0.2) is 0 Å². The highest BCUT2D eigenvalue weighted by atomic mass is 16.5. The number of carbonyl (C=O) groups is 2. The van der Waals surface area contributed by atoms with Gasteiger partial charge in [0.15, 0.2) is 0 Å². The number of aryl methyl sites for hydroxylation is 1. The van der Waals surface area contributed by atoms with Crippen molar-refractivity contribution in [1.29, 1.82) is 0 Å². The van der Waals surface area contributed by atoms with Crippen LogP contribution in [0.2, 0.25) is 0 Å². The van der Waals surface area contributed by atoms with E-state index in [1.54, 1.807) is 19.3 Å². The Bertz CT molecular complexity index is 1120. The van der Waals surface area contributed by atoms with Gasteiger partial charge < -0.3 is 20.7 Å². The third kappa shape index (κ3) is 8.94. The molecule has 7 nitrogen and oxygen atoms in total. The molecule has 0 saturated carbocycles. The predicted octanol–water partition coefficient (Wildman–Crippen LogP) is 4.51. The average Bonchev–Trinajstić information content (AvgIpc) is 2.90. The SMILES string of the molecule is CC(C)CCN(CC(C)(NC(=O)CCc1ccncc1)C(N)=O)c1ccc(OCc2ccccc2)cc1. The lowest BCUT2D eigenvalue weighted by atomic mass is 9.98. The van der Waals surface area contributed by atoms with E-state index < -0.39 is 11.4 Å². The molecule has 1 heterocycles. The summed E-state index contributed by atoms with van der Waals surface area (Å²) in [5.41, 5.74) is 7.64. The van der Waals surface area contributed by atoms with E-state index in [4.69, 9.17) is 10.5 Å². The summed E-state index contributed by atoms with van der Waals surface area (Å²) in [6.07, 6.45) is 5.14. The summed E-state index contributed by atoms with van der Waals surface area (Å²) in [4.78, 5) is 31.5. The maximum Gasteiger partial charge on any atom is 0.244 e. The topological polar surface area (TPSA) is 97.5 Å². The molecule has 37 heavy (non-hydrogen) atoms. The van der Waals surface area contributed by atoms with Gasteiger partial charge in [-0.3, -0.25) is 14.6 Å². The minimum atomic E-state index is -1.23. The quantitative estimate of drug-likeness (QED) is 0.338. The van der Waals surface area contributed by atoms with E-state index >= 15 is 0 Å². The standard InChI is InChI=1S/C30H38N4O3/c1-23(2)17-20-34(26-10-12-27(13-11-26)37-21-25-7-5-4-6-8-25)22-30(3,29(31)36)33-28(35)14-9-24-15-18-32-19-16-24/h4-8,10-13,15-16,18-19,23H,9,14,17,20-22H2,1-3H3,(H2,31,36)(H,33,35). The smallest absolute Gasteiger partial charge is 0.244 e. The molecule has 3 aromatic rings. The molecule has 0 radical (unpaired) electrons. The summed E-state index contributed by atoms with van der Waals surface area (Å²) in [5, 5.41) is 2.91. The van der Waals surface area contributed by atoms with E-state index in [2.05, 4.69) is 29.0 Å². The molecule has 0 aliphatic carbocycles. The highest BCUT2D eigenvalue weighted by Crippen LogP contribution is 2.23. The number of anilines is 1. The first kappa shape index (κ1) is 27.7. The molecule has 0 fully saturated rings. The summed E-state index contributed by atoms with van der Waals surface area (Å²) in [5.74, 6) is 0.456. The van der Waals surface area contributed by atoms with E-state index in [-0.39, 0.29) is 18.9 Å². The van der Waals surface area contributed by atoms with Gasteiger partial charge in [0.2, 0.25) is 11.8 Å². The van der Waals surface area contributed by atoms with Crippen molar-refractivity contribution in [3.8, 4) is 5.75 Å². The lowest BCUT2D eigenvalue weighted by molar-refractivity contribution is -0.130. The van der Waals surface area contributed by atoms with Crippen molar-refractivity contribution in [2.75, 3.05) is 18.0 Å². The predicted molar refractivity (Wildman–Crippen MR) is 147 cm³/mol. The molecule has 0 saturated heterocycles. The largest absolute Gasteiger partial charge is 0.489 e. The summed E-state index contributed by atoms with van der Waals surface area (Å²) < 4.78 is 5.93. The minimum Gasteiger partial charge on any atom is -0.489 e. The third-order valence-corrected chi connectivity index (χ3v) is 6.28. The Morgan fingerprint density at radius 2 is 1.68 bits per heavy atom. The van der Waals surface area contributed by atoms with Crippen LogP contribution >= 0.6 is 0 Å². The Balaban J connectivity index is 1.68. The van der Waals surface area contributed by atoms with Crippen LogP contribution < -0.4 is 20.7 Å². The van der Waals surface area contributed by atoms with Crippen LogP contribution in [0.1, 0.15) is 44.7 Å². The zero-order valence-electron chi connectivity index (χ0n) is 22.0. The van der Waals surface area contributed by atoms with Crippen LogP contribution in [0.4, 0.5) is 5.69 Å². The Labute approximate surface area is 220 Å². The molecule has 0 aliphatic heterocycles. The minimum absolute atomic E-state index is 0.216. The van der Waals surface area contributed by atoms with E-state index in [0.717, 1.165) is 35.5 Å². The fourth-order valence-corrected chi connectivity index (χ4v) is 3.95. The molecule has 0 spiro atoms. The summed E-state index contributed by atoms with van der Waals surface area (Å²) >= 11 is 0. The Kier molecular flexibility index (Phi) is 10.1. The van der Waals surface area contributed by atoms with Crippen molar-refractivity contribution in [3.63, 3.8) is 0 Å². The van der Waals surface area contributed by atoms with Crippen molar-refractivity contribution in [2.45, 2.75) is 52.2 Å².